The van der Waals surface area contributed by atoms with Gasteiger partial charge < -0.3 is 24.5 Å². The average Bonchev–Trinajstić information content (AvgIpc) is 3.12. The van der Waals surface area contributed by atoms with E-state index in [1.165, 1.54) is 12.8 Å². The van der Waals surface area contributed by atoms with E-state index in [0.29, 0.717) is 12.3 Å². The van der Waals surface area contributed by atoms with Gasteiger partial charge in [-0.25, -0.2) is 0 Å². The number of nitrogens with zero attached hydrogens (tertiary/aromatic N) is 2. The van der Waals surface area contributed by atoms with Crippen LogP contribution >= 0.6 is 24.0 Å². The standard InChI is InChI=1S/C18H29N3O3.HI/c1-17(22,15-6-3-11-24-15)12-20-16(19-2)21-9-4-7-18(13-21)8-5-10-23-14-18;/h3,6,11,22H,4-5,7-10,12-14H2,1-2H3,(H,19,20);1H. The maximum Gasteiger partial charge on any atom is 0.193 e. The van der Waals surface area contributed by atoms with E-state index in [9.17, 15) is 5.11 Å². The van der Waals surface area contributed by atoms with Gasteiger partial charge in [0.15, 0.2) is 5.96 Å². The summed E-state index contributed by atoms with van der Waals surface area (Å²) in [4.78, 5) is 6.73. The first-order chi connectivity index (χ1) is 11.5. The first-order valence-corrected chi connectivity index (χ1v) is 8.84. The van der Waals surface area contributed by atoms with Crippen LogP contribution in [0, 0.1) is 5.41 Å². The molecule has 0 radical (unpaired) electrons. The fourth-order valence-electron chi connectivity index (χ4n) is 3.88. The van der Waals surface area contributed by atoms with Crippen LogP contribution in [0.1, 0.15) is 38.4 Å². The molecule has 2 atom stereocenters. The largest absolute Gasteiger partial charge is 0.466 e. The number of halogens is 1. The minimum absolute atomic E-state index is 0. The van der Waals surface area contributed by atoms with Crippen molar-refractivity contribution in [1.29, 1.82) is 0 Å². The number of ether oxygens (including phenoxy) is 1. The number of piperidine rings is 1. The molecule has 2 fully saturated rings. The summed E-state index contributed by atoms with van der Waals surface area (Å²) in [6.45, 7) is 5.80. The van der Waals surface area contributed by atoms with Crippen LogP contribution in [0.3, 0.4) is 0 Å². The third-order valence-electron chi connectivity index (χ3n) is 5.22. The summed E-state index contributed by atoms with van der Waals surface area (Å²) in [5, 5.41) is 13.9. The molecule has 142 valence electrons. The van der Waals surface area contributed by atoms with E-state index in [-0.39, 0.29) is 29.4 Å². The molecule has 1 aromatic heterocycles. The van der Waals surface area contributed by atoms with E-state index in [4.69, 9.17) is 9.15 Å². The number of rotatable bonds is 3. The van der Waals surface area contributed by atoms with Crippen LogP contribution in [-0.4, -0.2) is 55.9 Å². The highest BCUT2D eigenvalue weighted by Gasteiger charge is 2.38. The topological polar surface area (TPSA) is 70.2 Å². The van der Waals surface area contributed by atoms with Crippen molar-refractivity contribution in [3.05, 3.63) is 24.2 Å². The van der Waals surface area contributed by atoms with Crippen molar-refractivity contribution < 1.29 is 14.3 Å². The summed E-state index contributed by atoms with van der Waals surface area (Å²) in [5.41, 5.74) is -0.807. The number of guanidine groups is 1. The second-order valence-electron chi connectivity index (χ2n) is 7.33. The molecule has 1 aromatic rings. The lowest BCUT2D eigenvalue weighted by atomic mass is 9.76. The van der Waals surface area contributed by atoms with Crippen molar-refractivity contribution >= 4 is 29.9 Å². The Bertz CT molecular complexity index is 548. The van der Waals surface area contributed by atoms with Crippen LogP contribution in [0.5, 0.6) is 0 Å². The zero-order valence-corrected chi connectivity index (χ0v) is 17.5. The quantitative estimate of drug-likeness (QED) is 0.410. The fraction of sp³-hybridized carbons (Fsp3) is 0.722. The molecule has 3 rings (SSSR count). The summed E-state index contributed by atoms with van der Waals surface area (Å²) >= 11 is 0. The molecule has 3 heterocycles. The highest BCUT2D eigenvalue weighted by Crippen LogP contribution is 2.37. The molecule has 2 aliphatic heterocycles. The van der Waals surface area contributed by atoms with Gasteiger partial charge in [-0.3, -0.25) is 4.99 Å². The molecule has 2 unspecified atom stereocenters. The smallest absolute Gasteiger partial charge is 0.193 e. The van der Waals surface area contributed by atoms with Gasteiger partial charge in [0.2, 0.25) is 0 Å². The van der Waals surface area contributed by atoms with Crippen molar-refractivity contribution in [2.24, 2.45) is 10.4 Å². The van der Waals surface area contributed by atoms with Gasteiger partial charge in [-0.1, -0.05) is 0 Å². The number of aliphatic hydroxyl groups is 1. The molecule has 6 nitrogen and oxygen atoms in total. The van der Waals surface area contributed by atoms with E-state index in [1.807, 2.05) is 0 Å². The molecule has 0 aromatic carbocycles. The number of hydrogen-bond acceptors (Lipinski definition) is 4. The first kappa shape index (κ1) is 20.5. The van der Waals surface area contributed by atoms with Gasteiger partial charge >= 0.3 is 0 Å². The van der Waals surface area contributed by atoms with E-state index in [2.05, 4.69) is 15.2 Å². The molecular formula is C18H30IN3O3. The lowest BCUT2D eigenvalue weighted by Gasteiger charge is -2.46. The normalized spacial score (nSPS) is 26.8. The highest BCUT2D eigenvalue weighted by molar-refractivity contribution is 14.0. The number of hydrogen-bond donors (Lipinski definition) is 2. The van der Waals surface area contributed by atoms with Crippen LogP contribution in [0.25, 0.3) is 0 Å². The van der Waals surface area contributed by atoms with Crippen molar-refractivity contribution in [1.82, 2.24) is 10.2 Å². The van der Waals surface area contributed by atoms with Gasteiger partial charge in [-0.2, -0.15) is 0 Å². The van der Waals surface area contributed by atoms with Gasteiger partial charge in [0, 0.05) is 32.2 Å². The van der Waals surface area contributed by atoms with Crippen LogP contribution in [0.15, 0.2) is 27.8 Å². The molecule has 2 aliphatic rings. The van der Waals surface area contributed by atoms with Gasteiger partial charge in [0.1, 0.15) is 11.4 Å². The zero-order valence-electron chi connectivity index (χ0n) is 15.2. The molecule has 0 amide bonds. The van der Waals surface area contributed by atoms with Crippen LogP contribution in [0.4, 0.5) is 0 Å². The predicted molar refractivity (Wildman–Crippen MR) is 108 cm³/mol. The Morgan fingerprint density at radius 2 is 2.24 bits per heavy atom. The maximum atomic E-state index is 10.6. The van der Waals surface area contributed by atoms with Gasteiger partial charge in [0.05, 0.1) is 19.4 Å². The molecular weight excluding hydrogens is 433 g/mol. The monoisotopic (exact) mass is 463 g/mol. The average molecular weight is 463 g/mol. The van der Waals surface area contributed by atoms with Crippen LogP contribution < -0.4 is 5.32 Å². The molecule has 1 spiro atoms. The minimum atomic E-state index is -1.07. The van der Waals surface area contributed by atoms with Crippen molar-refractivity contribution in [2.45, 2.75) is 38.2 Å². The summed E-state index contributed by atoms with van der Waals surface area (Å²) in [6.07, 6.45) is 6.33. The fourth-order valence-corrected chi connectivity index (χ4v) is 3.88. The second-order valence-corrected chi connectivity index (χ2v) is 7.33. The van der Waals surface area contributed by atoms with Crippen LogP contribution in [0.2, 0.25) is 0 Å². The molecule has 2 saturated heterocycles. The van der Waals surface area contributed by atoms with E-state index in [0.717, 1.165) is 45.1 Å². The highest BCUT2D eigenvalue weighted by atomic mass is 127. The minimum Gasteiger partial charge on any atom is -0.466 e. The first-order valence-electron chi connectivity index (χ1n) is 8.84. The lowest BCUT2D eigenvalue weighted by Crippen LogP contribution is -2.54. The molecule has 25 heavy (non-hydrogen) atoms. The van der Waals surface area contributed by atoms with Gasteiger partial charge in [-0.15, -0.1) is 24.0 Å². The van der Waals surface area contributed by atoms with Crippen molar-refractivity contribution in [3.63, 3.8) is 0 Å². The SMILES string of the molecule is CN=C(NCC(C)(O)c1ccco1)N1CCCC2(CCCOC2)C1.I. The molecule has 7 heteroatoms. The maximum absolute atomic E-state index is 10.6. The number of aliphatic imine (C=N–C) groups is 1. The van der Waals surface area contributed by atoms with E-state index >= 15 is 0 Å². The van der Waals surface area contributed by atoms with E-state index < -0.39 is 5.60 Å². The second kappa shape index (κ2) is 8.73. The number of nitrogens with one attached hydrogen (secondary N) is 1. The summed E-state index contributed by atoms with van der Waals surface area (Å²) in [6, 6.07) is 3.58. The number of furan rings is 1. The number of likely N-dealkylation sites (tertiary alicyclic amines) is 1. The lowest BCUT2D eigenvalue weighted by molar-refractivity contribution is -0.0373. The van der Waals surface area contributed by atoms with Gasteiger partial charge in [-0.05, 0) is 44.7 Å². The third-order valence-corrected chi connectivity index (χ3v) is 5.22. The third kappa shape index (κ3) is 4.89. The Morgan fingerprint density at radius 1 is 1.44 bits per heavy atom. The Kier molecular flexibility index (Phi) is 7.16. The summed E-state index contributed by atoms with van der Waals surface area (Å²) in [5.74, 6) is 1.40. The Balaban J connectivity index is 0.00000225. The van der Waals surface area contributed by atoms with Crippen molar-refractivity contribution in [2.75, 3.05) is 39.9 Å². The Hall–Kier alpha value is -0.800. The summed E-state index contributed by atoms with van der Waals surface area (Å²) < 4.78 is 11.1. The Morgan fingerprint density at radius 3 is 2.88 bits per heavy atom. The van der Waals surface area contributed by atoms with E-state index in [1.54, 1.807) is 32.4 Å². The van der Waals surface area contributed by atoms with Crippen LogP contribution in [-0.2, 0) is 10.3 Å². The molecule has 0 bridgehead atoms. The predicted octanol–water partition coefficient (Wildman–Crippen LogP) is 2.57. The van der Waals surface area contributed by atoms with Crippen molar-refractivity contribution in [3.8, 4) is 0 Å². The molecule has 0 aliphatic carbocycles. The molecule has 2 N–H and O–H groups in total. The Labute approximate surface area is 167 Å². The molecule has 0 saturated carbocycles. The summed E-state index contributed by atoms with van der Waals surface area (Å²) in [7, 11) is 1.79. The zero-order chi connectivity index (χ0) is 17.0. The van der Waals surface area contributed by atoms with Gasteiger partial charge in [0.25, 0.3) is 0 Å².